The van der Waals surface area contributed by atoms with Gasteiger partial charge in [-0.15, -0.1) is 0 Å². The zero-order valence-electron chi connectivity index (χ0n) is 15.6. The van der Waals surface area contributed by atoms with Gasteiger partial charge in [0.2, 0.25) is 5.91 Å². The van der Waals surface area contributed by atoms with Gasteiger partial charge in [-0.25, -0.2) is 4.99 Å². The van der Waals surface area contributed by atoms with Crippen molar-refractivity contribution in [3.63, 3.8) is 0 Å². The van der Waals surface area contributed by atoms with Crippen molar-refractivity contribution in [3.8, 4) is 0 Å². The van der Waals surface area contributed by atoms with Gasteiger partial charge < -0.3 is 20.5 Å². The molecule has 0 aliphatic heterocycles. The molecule has 0 bridgehead atoms. The van der Waals surface area contributed by atoms with Crippen LogP contribution in [0.3, 0.4) is 0 Å². The number of aromatic amines is 1. The highest BCUT2D eigenvalue weighted by Crippen LogP contribution is 2.14. The Kier molecular flexibility index (Phi) is 6.86. The zero-order chi connectivity index (χ0) is 18.2. The summed E-state index contributed by atoms with van der Waals surface area (Å²) < 4.78 is 0. The van der Waals surface area contributed by atoms with Crippen LogP contribution < -0.4 is 10.6 Å². The fraction of sp³-hybridized carbons (Fsp3) is 0.474. The van der Waals surface area contributed by atoms with E-state index < -0.39 is 0 Å². The number of aromatic nitrogens is 1. The molecule has 0 aliphatic carbocycles. The highest BCUT2D eigenvalue weighted by atomic mass is 16.2. The van der Waals surface area contributed by atoms with Crippen LogP contribution in [0, 0.1) is 5.92 Å². The van der Waals surface area contributed by atoms with E-state index in [1.807, 2.05) is 12.1 Å². The van der Waals surface area contributed by atoms with Crippen molar-refractivity contribution in [2.24, 2.45) is 10.9 Å². The Bertz CT molecular complexity index is 684. The number of nitrogens with zero attached hydrogens (tertiary/aromatic N) is 2. The first-order valence-electron chi connectivity index (χ1n) is 8.74. The van der Waals surface area contributed by atoms with Crippen LogP contribution in [0.1, 0.15) is 19.5 Å². The minimum absolute atomic E-state index is 0.0127. The molecule has 0 aliphatic rings. The number of para-hydroxylation sites is 1. The van der Waals surface area contributed by atoms with Crippen LogP contribution in [-0.2, 0) is 11.2 Å². The number of amides is 1. The number of guanidine groups is 1. The Labute approximate surface area is 149 Å². The van der Waals surface area contributed by atoms with Crippen molar-refractivity contribution in [1.82, 2.24) is 20.5 Å². The summed E-state index contributed by atoms with van der Waals surface area (Å²) in [6.07, 6.45) is 0.860. The highest BCUT2D eigenvalue weighted by Gasteiger charge is 2.06. The fourth-order valence-electron chi connectivity index (χ4n) is 2.35. The average Bonchev–Trinajstić information content (AvgIpc) is 2.98. The number of carbonyl (C=O) groups is 1. The second-order valence-corrected chi connectivity index (χ2v) is 6.79. The van der Waals surface area contributed by atoms with Gasteiger partial charge in [0.05, 0.1) is 0 Å². The molecule has 0 saturated carbocycles. The molecule has 0 spiro atoms. The lowest BCUT2D eigenvalue weighted by atomic mass is 10.2. The molecule has 1 heterocycles. The lowest BCUT2D eigenvalue weighted by molar-refractivity contribution is -0.127. The Balaban J connectivity index is 1.91. The molecule has 0 radical (unpaired) electrons. The van der Waals surface area contributed by atoms with Gasteiger partial charge >= 0.3 is 0 Å². The first kappa shape index (κ1) is 18.8. The average molecular weight is 343 g/mol. The van der Waals surface area contributed by atoms with Gasteiger partial charge in [-0.1, -0.05) is 32.0 Å². The number of nitrogens with one attached hydrogen (secondary N) is 3. The maximum Gasteiger partial charge on any atom is 0.243 e. The van der Waals surface area contributed by atoms with Crippen molar-refractivity contribution in [1.29, 1.82) is 0 Å². The summed E-state index contributed by atoms with van der Waals surface area (Å²) >= 11 is 0. The van der Waals surface area contributed by atoms with Crippen molar-refractivity contribution in [3.05, 3.63) is 36.0 Å². The zero-order valence-corrected chi connectivity index (χ0v) is 15.6. The minimum atomic E-state index is -0.0127. The molecule has 2 rings (SSSR count). The van der Waals surface area contributed by atoms with Gasteiger partial charge in [-0.2, -0.15) is 0 Å². The molecule has 0 fully saturated rings. The Morgan fingerprint density at radius 2 is 2.00 bits per heavy atom. The molecule has 1 aromatic heterocycles. The van der Waals surface area contributed by atoms with Crippen molar-refractivity contribution in [2.75, 3.05) is 33.7 Å². The van der Waals surface area contributed by atoms with E-state index >= 15 is 0 Å². The van der Waals surface area contributed by atoms with E-state index in [9.17, 15) is 4.79 Å². The van der Waals surface area contributed by atoms with E-state index in [4.69, 9.17) is 0 Å². The van der Waals surface area contributed by atoms with E-state index in [1.165, 1.54) is 11.1 Å². The van der Waals surface area contributed by atoms with Crippen molar-refractivity contribution >= 4 is 22.8 Å². The summed E-state index contributed by atoms with van der Waals surface area (Å²) in [6.45, 7) is 5.98. The SMILES string of the molecule is CC(C)CNC(=NCC(=O)N(C)C)NCCc1cc2ccccc2[nH]1. The van der Waals surface area contributed by atoms with Crippen LogP contribution in [0.25, 0.3) is 10.9 Å². The molecule has 1 amide bonds. The number of hydrogen-bond donors (Lipinski definition) is 3. The normalized spacial score (nSPS) is 11.8. The number of carbonyl (C=O) groups excluding carboxylic acids is 1. The van der Waals surface area contributed by atoms with Gasteiger partial charge in [-0.3, -0.25) is 4.79 Å². The monoisotopic (exact) mass is 343 g/mol. The lowest BCUT2D eigenvalue weighted by Crippen LogP contribution is -2.41. The molecular formula is C19H29N5O. The van der Waals surface area contributed by atoms with E-state index in [0.717, 1.165) is 25.0 Å². The smallest absolute Gasteiger partial charge is 0.243 e. The Morgan fingerprint density at radius 3 is 2.68 bits per heavy atom. The third-order valence-electron chi connectivity index (χ3n) is 3.82. The molecule has 25 heavy (non-hydrogen) atoms. The molecule has 2 aromatic rings. The Hall–Kier alpha value is -2.50. The van der Waals surface area contributed by atoms with Crippen LogP contribution in [0.4, 0.5) is 0 Å². The van der Waals surface area contributed by atoms with Crippen LogP contribution in [-0.4, -0.2) is 55.5 Å². The maximum absolute atomic E-state index is 11.7. The topological polar surface area (TPSA) is 72.5 Å². The molecular weight excluding hydrogens is 314 g/mol. The molecule has 0 atom stereocenters. The second-order valence-electron chi connectivity index (χ2n) is 6.79. The highest BCUT2D eigenvalue weighted by molar-refractivity contribution is 5.84. The van der Waals surface area contributed by atoms with Crippen LogP contribution in [0.2, 0.25) is 0 Å². The molecule has 136 valence electrons. The quantitative estimate of drug-likeness (QED) is 0.532. The number of H-pyrrole nitrogens is 1. The van der Waals surface area contributed by atoms with Gasteiger partial charge in [0.1, 0.15) is 6.54 Å². The van der Waals surface area contributed by atoms with E-state index in [2.05, 4.69) is 52.7 Å². The predicted octanol–water partition coefficient (Wildman–Crippen LogP) is 1.99. The predicted molar refractivity (Wildman–Crippen MR) is 104 cm³/mol. The third-order valence-corrected chi connectivity index (χ3v) is 3.82. The van der Waals surface area contributed by atoms with Crippen LogP contribution in [0.5, 0.6) is 0 Å². The maximum atomic E-state index is 11.7. The first-order valence-corrected chi connectivity index (χ1v) is 8.74. The molecule has 6 heteroatoms. The van der Waals surface area contributed by atoms with E-state index in [1.54, 1.807) is 19.0 Å². The lowest BCUT2D eigenvalue weighted by Gasteiger charge is -2.14. The van der Waals surface area contributed by atoms with E-state index in [-0.39, 0.29) is 12.5 Å². The number of aliphatic imine (C=N–C) groups is 1. The molecule has 1 aromatic carbocycles. The summed E-state index contributed by atoms with van der Waals surface area (Å²) in [6, 6.07) is 10.4. The van der Waals surface area contributed by atoms with Crippen LogP contribution >= 0.6 is 0 Å². The molecule has 3 N–H and O–H groups in total. The van der Waals surface area contributed by atoms with Crippen LogP contribution in [0.15, 0.2) is 35.3 Å². The number of fused-ring (bicyclic) bond motifs is 1. The van der Waals surface area contributed by atoms with Gasteiger partial charge in [0.25, 0.3) is 0 Å². The Morgan fingerprint density at radius 1 is 1.24 bits per heavy atom. The fourth-order valence-corrected chi connectivity index (χ4v) is 2.35. The van der Waals surface area contributed by atoms with E-state index in [0.29, 0.717) is 11.9 Å². The molecule has 0 saturated heterocycles. The number of hydrogen-bond acceptors (Lipinski definition) is 2. The largest absolute Gasteiger partial charge is 0.358 e. The number of rotatable bonds is 7. The van der Waals surface area contributed by atoms with Crippen molar-refractivity contribution in [2.45, 2.75) is 20.3 Å². The van der Waals surface area contributed by atoms with Gasteiger partial charge in [-0.05, 0) is 23.4 Å². The summed E-state index contributed by atoms with van der Waals surface area (Å²) in [5.74, 6) is 1.17. The standard InChI is InChI=1S/C19H29N5O/c1-14(2)12-21-19(22-13-18(25)24(3)4)20-10-9-16-11-15-7-5-6-8-17(15)23-16/h5-8,11,14,23H,9-10,12-13H2,1-4H3,(H2,20,21,22). The summed E-state index contributed by atoms with van der Waals surface area (Å²) in [5, 5.41) is 7.82. The summed E-state index contributed by atoms with van der Waals surface area (Å²) in [7, 11) is 3.48. The third kappa shape index (κ3) is 6.14. The minimum Gasteiger partial charge on any atom is -0.358 e. The molecule has 6 nitrogen and oxygen atoms in total. The number of benzene rings is 1. The second kappa shape index (κ2) is 9.11. The summed E-state index contributed by atoms with van der Waals surface area (Å²) in [5.41, 5.74) is 2.34. The summed E-state index contributed by atoms with van der Waals surface area (Å²) in [4.78, 5) is 21.1. The number of likely N-dealkylation sites (N-methyl/N-ethyl adjacent to an activating group) is 1. The molecule has 0 unspecified atom stereocenters. The van der Waals surface area contributed by atoms with Crippen molar-refractivity contribution < 1.29 is 4.79 Å². The van der Waals surface area contributed by atoms with Gasteiger partial charge in [0.15, 0.2) is 5.96 Å². The van der Waals surface area contributed by atoms with Gasteiger partial charge in [0, 0.05) is 44.8 Å². The first-order chi connectivity index (χ1) is 12.0.